The summed E-state index contributed by atoms with van der Waals surface area (Å²) in [6, 6.07) is 15.1. The number of ether oxygens (including phenoxy) is 1. The molecular weight excluding hydrogens is 984 g/mol. The van der Waals surface area contributed by atoms with E-state index >= 15 is 0 Å². The van der Waals surface area contributed by atoms with Crippen LogP contribution in [0.25, 0.3) is 10.8 Å². The lowest BCUT2D eigenvalue weighted by Gasteiger charge is -2.41. The first-order valence-electron chi connectivity index (χ1n) is 22.8. The van der Waals surface area contributed by atoms with Crippen molar-refractivity contribution in [3.05, 3.63) is 107 Å². The van der Waals surface area contributed by atoms with Gasteiger partial charge in [-0.1, -0.05) is 71.0 Å². The Balaban J connectivity index is 1.16. The lowest BCUT2D eigenvalue weighted by Crippen LogP contribution is -2.58. The molecule has 2 aliphatic rings. The Labute approximate surface area is 416 Å². The summed E-state index contributed by atoms with van der Waals surface area (Å²) in [7, 11) is 0. The van der Waals surface area contributed by atoms with Crippen molar-refractivity contribution < 1.29 is 58.6 Å². The molecule has 0 radical (unpaired) electrons. The number of benzene rings is 4. The van der Waals surface area contributed by atoms with E-state index in [0.717, 1.165) is 34.9 Å². The number of nitrogens with zero attached hydrogens (tertiary/aromatic N) is 2. The molecule has 2 saturated heterocycles. The van der Waals surface area contributed by atoms with Crippen LogP contribution in [0.2, 0.25) is 0 Å². The average molecular weight is 1040 g/mol. The Morgan fingerprint density at radius 2 is 1.17 bits per heavy atom. The van der Waals surface area contributed by atoms with Gasteiger partial charge in [0.25, 0.3) is 0 Å². The molecule has 4 aromatic carbocycles. The minimum absolute atomic E-state index is 0.0426. The van der Waals surface area contributed by atoms with Gasteiger partial charge in [0.2, 0.25) is 11.8 Å². The predicted octanol–water partition coefficient (Wildman–Crippen LogP) is 11.7. The highest BCUT2D eigenvalue weighted by molar-refractivity contribution is 7.80. The van der Waals surface area contributed by atoms with Crippen molar-refractivity contribution in [2.45, 2.75) is 110 Å². The van der Waals surface area contributed by atoms with E-state index in [1.54, 1.807) is 13.8 Å². The molecule has 0 aromatic heterocycles. The summed E-state index contributed by atoms with van der Waals surface area (Å²) in [5.74, 6) is -1.94. The topological polar surface area (TPSA) is 115 Å². The molecule has 21 heteroatoms. The largest absolute Gasteiger partial charge is 0.462 e. The van der Waals surface area contributed by atoms with Crippen molar-refractivity contribution in [3.8, 4) is 0 Å². The predicted molar refractivity (Wildman–Crippen MR) is 260 cm³/mol. The first-order valence-corrected chi connectivity index (χ1v) is 23.6. The van der Waals surface area contributed by atoms with Crippen LogP contribution >= 0.6 is 24.4 Å². The normalized spacial score (nSPS) is 17.7. The maximum Gasteiger partial charge on any atom is 0.416 e. The minimum Gasteiger partial charge on any atom is -0.462 e. The molecule has 10 nitrogen and oxygen atoms in total. The Hall–Kier alpha value is -5.70. The lowest BCUT2D eigenvalue weighted by atomic mass is 9.80. The van der Waals surface area contributed by atoms with Gasteiger partial charge in [-0.3, -0.25) is 9.59 Å². The number of rotatable bonds is 12. The fourth-order valence-electron chi connectivity index (χ4n) is 8.90. The monoisotopic (exact) mass is 1040 g/mol. The molecule has 71 heavy (non-hydrogen) atoms. The second kappa shape index (κ2) is 20.8. The molecular formula is C50H55F9N6O4S2. The first-order chi connectivity index (χ1) is 32.9. The molecule has 0 bridgehead atoms. The van der Waals surface area contributed by atoms with Crippen molar-refractivity contribution in [1.29, 1.82) is 0 Å². The van der Waals surface area contributed by atoms with Crippen LogP contribution in [0.15, 0.2) is 78.9 Å². The van der Waals surface area contributed by atoms with Gasteiger partial charge in [-0.05, 0) is 133 Å². The lowest BCUT2D eigenvalue weighted by molar-refractivity contribution is -0.143. The Morgan fingerprint density at radius 3 is 1.72 bits per heavy atom. The number of carbonyl (C=O) groups is 3. The number of nitrogens with one attached hydrogen (secondary N) is 4. The van der Waals surface area contributed by atoms with E-state index in [9.17, 15) is 53.9 Å². The molecule has 0 unspecified atom stereocenters. The van der Waals surface area contributed by atoms with E-state index in [4.69, 9.17) is 29.2 Å². The van der Waals surface area contributed by atoms with Crippen molar-refractivity contribution in [1.82, 2.24) is 20.4 Å². The van der Waals surface area contributed by atoms with Crippen molar-refractivity contribution in [3.63, 3.8) is 0 Å². The van der Waals surface area contributed by atoms with Crippen LogP contribution in [0, 0.1) is 10.8 Å². The van der Waals surface area contributed by atoms with Crippen LogP contribution in [0.1, 0.15) is 106 Å². The Bertz CT molecular complexity index is 2630. The second-order valence-corrected chi connectivity index (χ2v) is 20.7. The summed E-state index contributed by atoms with van der Waals surface area (Å²) in [4.78, 5) is 45.3. The maximum atomic E-state index is 14.6. The third-order valence-corrected chi connectivity index (χ3v) is 13.4. The molecule has 6 rings (SSSR count). The van der Waals surface area contributed by atoms with Crippen molar-refractivity contribution in [2.24, 2.45) is 10.8 Å². The number of halogens is 9. The zero-order valence-electron chi connectivity index (χ0n) is 39.8. The Morgan fingerprint density at radius 1 is 0.648 bits per heavy atom. The summed E-state index contributed by atoms with van der Waals surface area (Å²) < 4.78 is 130. The minimum atomic E-state index is -5.13. The van der Waals surface area contributed by atoms with Gasteiger partial charge in [-0.2, -0.15) is 39.5 Å². The van der Waals surface area contributed by atoms with Crippen LogP contribution in [0.3, 0.4) is 0 Å². The fraction of sp³-hybridized carbons (Fsp3) is 0.460. The molecule has 384 valence electrons. The molecule has 3 atom stereocenters. The summed E-state index contributed by atoms with van der Waals surface area (Å²) in [5, 5.41) is 12.2. The van der Waals surface area contributed by atoms with Crippen LogP contribution in [0.4, 0.5) is 50.9 Å². The fourth-order valence-corrected chi connectivity index (χ4v) is 9.37. The van der Waals surface area contributed by atoms with E-state index < -0.39 is 98.5 Å². The number of carbonyl (C=O) groups excluding carboxylic acids is 3. The zero-order valence-corrected chi connectivity index (χ0v) is 41.4. The highest BCUT2D eigenvalue weighted by Crippen LogP contribution is 2.42. The number of anilines is 2. The zero-order chi connectivity index (χ0) is 52.5. The SMILES string of the molecule is CC(C)(C)[C@H](NC(=S)Nc1cc(C(=O)OCCC(C)(C)[C@H](NC(=S)Nc2cc(C(F)(F)F)cc(C(F)(F)F)c2)C(=O)N2CCCC2)cc(C(F)(F)F)c1)C(=O)N1CCC[C@]1(C)c1ccc2ccccc2c1. The van der Waals surface area contributed by atoms with Gasteiger partial charge >= 0.3 is 24.5 Å². The number of alkyl halides is 9. The van der Waals surface area contributed by atoms with Gasteiger partial charge in [-0.15, -0.1) is 0 Å². The van der Waals surface area contributed by atoms with Gasteiger partial charge in [-0.25, -0.2) is 4.79 Å². The van der Waals surface area contributed by atoms with E-state index in [-0.39, 0.29) is 29.2 Å². The second-order valence-electron chi connectivity index (χ2n) is 19.9. The molecule has 0 spiro atoms. The molecule has 2 amide bonds. The number of hydrogen-bond acceptors (Lipinski definition) is 6. The van der Waals surface area contributed by atoms with Gasteiger partial charge in [0.1, 0.15) is 12.1 Å². The summed E-state index contributed by atoms with van der Waals surface area (Å²) >= 11 is 10.9. The molecule has 2 heterocycles. The Kier molecular flexibility index (Phi) is 16.0. The van der Waals surface area contributed by atoms with E-state index in [2.05, 4.69) is 27.3 Å². The van der Waals surface area contributed by atoms with Gasteiger partial charge < -0.3 is 35.8 Å². The van der Waals surface area contributed by atoms with Crippen molar-refractivity contribution >= 4 is 74.6 Å². The number of hydrogen-bond donors (Lipinski definition) is 4. The molecule has 2 aliphatic heterocycles. The van der Waals surface area contributed by atoms with Gasteiger partial charge in [0.05, 0.1) is 34.4 Å². The van der Waals surface area contributed by atoms with Crippen molar-refractivity contribution in [2.75, 3.05) is 36.9 Å². The molecule has 0 saturated carbocycles. The van der Waals surface area contributed by atoms with Crippen LogP contribution in [0.5, 0.6) is 0 Å². The quantitative estimate of drug-likeness (QED) is 0.0621. The highest BCUT2D eigenvalue weighted by Gasteiger charge is 2.46. The molecule has 4 aromatic rings. The summed E-state index contributed by atoms with van der Waals surface area (Å²) in [6.45, 7) is 11.4. The smallest absolute Gasteiger partial charge is 0.416 e. The van der Waals surface area contributed by atoms with Crippen LogP contribution < -0.4 is 21.3 Å². The van der Waals surface area contributed by atoms with E-state index in [0.29, 0.717) is 57.1 Å². The number of fused-ring (bicyclic) bond motifs is 1. The number of likely N-dealkylation sites (tertiary alicyclic amines) is 2. The number of esters is 1. The highest BCUT2D eigenvalue weighted by atomic mass is 32.1. The summed E-state index contributed by atoms with van der Waals surface area (Å²) in [5.41, 5.74) is -7.47. The molecule has 2 fully saturated rings. The van der Waals surface area contributed by atoms with Gasteiger partial charge in [0, 0.05) is 31.0 Å². The standard InChI is InChI=1S/C50H55F9N6O4S2/c1-45(2,3)38(41(67)65-20-11-16-47(65,6)32-15-14-29-12-7-8-13-30(29)22-32)62-43(70)60-36-24-31(23-33(26-36)48(51,52)53)42(68)69-21-17-46(4,5)39(40(66)64-18-9-10-19-64)63-44(71)61-37-27-34(49(54,55)56)25-35(28-37)50(57,58)59/h7-8,12-15,22-28,38-39H,9-11,16-21H2,1-6H3,(H2,60,62,70)(H2,61,63,71)/t38-,39-,47-/m1/s1. The van der Waals surface area contributed by atoms with Gasteiger partial charge in [0.15, 0.2) is 10.2 Å². The summed E-state index contributed by atoms with van der Waals surface area (Å²) in [6.07, 6.45) is -12.6. The van der Waals surface area contributed by atoms with Crippen LogP contribution in [-0.4, -0.2) is 76.1 Å². The maximum absolute atomic E-state index is 14.6. The van der Waals surface area contributed by atoms with Crippen LogP contribution in [-0.2, 0) is 38.4 Å². The van der Waals surface area contributed by atoms with E-state index in [1.807, 2.05) is 69.0 Å². The third-order valence-electron chi connectivity index (χ3n) is 13.0. The first kappa shape index (κ1) is 54.6. The number of thiocarbonyl (C=S) groups is 2. The third kappa shape index (κ3) is 13.2. The molecule has 0 aliphatic carbocycles. The molecule has 4 N–H and O–H groups in total. The number of amides is 2. The average Bonchev–Trinajstić information content (AvgIpc) is 3.96. The van der Waals surface area contributed by atoms with E-state index in [1.165, 1.54) is 4.90 Å².